The van der Waals surface area contributed by atoms with E-state index in [-0.39, 0.29) is 5.91 Å². The van der Waals surface area contributed by atoms with Crippen LogP contribution >= 0.6 is 0 Å². The largest absolute Gasteiger partial charge is 0.358 e. The minimum absolute atomic E-state index is 0.0137. The van der Waals surface area contributed by atoms with Crippen molar-refractivity contribution in [1.29, 1.82) is 0 Å². The number of nitrogens with one attached hydrogen (secondary N) is 2. The van der Waals surface area contributed by atoms with Gasteiger partial charge in [0.15, 0.2) is 0 Å². The van der Waals surface area contributed by atoms with Crippen molar-refractivity contribution in [2.75, 3.05) is 13.6 Å². The molecule has 0 heterocycles. The van der Waals surface area contributed by atoms with Crippen LogP contribution in [0.2, 0.25) is 0 Å². The van der Waals surface area contributed by atoms with Gasteiger partial charge < -0.3 is 10.6 Å². The second-order valence-corrected chi connectivity index (χ2v) is 3.71. The minimum Gasteiger partial charge on any atom is -0.358 e. The Morgan fingerprint density at radius 3 is 2.67 bits per heavy atom. The van der Waals surface area contributed by atoms with Crippen LogP contribution in [0.25, 0.3) is 0 Å². The zero-order valence-corrected chi connectivity index (χ0v) is 9.55. The van der Waals surface area contributed by atoms with Crippen molar-refractivity contribution in [1.82, 2.24) is 10.6 Å². The molecule has 0 radical (unpaired) electrons. The topological polar surface area (TPSA) is 41.1 Å². The summed E-state index contributed by atoms with van der Waals surface area (Å²) in [6, 6.07) is 6.34. The fraction of sp³-hybridized carbons (Fsp3) is 0.417. The lowest BCUT2D eigenvalue weighted by atomic mass is 10.1. The molecular weight excluding hydrogens is 188 g/mol. The monoisotopic (exact) mass is 206 g/mol. The predicted octanol–water partition coefficient (Wildman–Crippen LogP) is 1.14. The molecule has 0 atom stereocenters. The van der Waals surface area contributed by atoms with Crippen LogP contribution in [0.15, 0.2) is 18.2 Å². The number of benzene rings is 1. The van der Waals surface area contributed by atoms with E-state index < -0.39 is 0 Å². The van der Waals surface area contributed by atoms with Gasteiger partial charge in [-0.25, -0.2) is 0 Å². The fourth-order valence-electron chi connectivity index (χ4n) is 1.44. The molecule has 1 aromatic rings. The molecule has 2 N–H and O–H groups in total. The van der Waals surface area contributed by atoms with Gasteiger partial charge in [0.2, 0.25) is 5.91 Å². The zero-order valence-electron chi connectivity index (χ0n) is 9.55. The van der Waals surface area contributed by atoms with Gasteiger partial charge in [0.25, 0.3) is 0 Å². The lowest BCUT2D eigenvalue weighted by Gasteiger charge is -2.07. The lowest BCUT2D eigenvalue weighted by molar-refractivity contribution is -0.119. The summed E-state index contributed by atoms with van der Waals surface area (Å²) in [6.07, 6.45) is 0. The maximum absolute atomic E-state index is 11.0. The Labute approximate surface area is 90.9 Å². The quantitative estimate of drug-likeness (QED) is 0.775. The fourth-order valence-corrected chi connectivity index (χ4v) is 1.44. The Morgan fingerprint density at radius 1 is 1.33 bits per heavy atom. The van der Waals surface area contributed by atoms with Gasteiger partial charge in [-0.15, -0.1) is 0 Å². The highest BCUT2D eigenvalue weighted by atomic mass is 16.1. The van der Waals surface area contributed by atoms with Crippen LogP contribution in [0.4, 0.5) is 0 Å². The van der Waals surface area contributed by atoms with E-state index in [9.17, 15) is 4.79 Å². The molecule has 0 bridgehead atoms. The van der Waals surface area contributed by atoms with E-state index >= 15 is 0 Å². The Morgan fingerprint density at radius 2 is 2.07 bits per heavy atom. The molecule has 82 valence electrons. The van der Waals surface area contributed by atoms with Gasteiger partial charge in [0.1, 0.15) is 0 Å². The molecule has 1 rings (SSSR count). The minimum atomic E-state index is 0.0137. The van der Waals surface area contributed by atoms with Crippen LogP contribution in [0.1, 0.15) is 16.7 Å². The van der Waals surface area contributed by atoms with Crippen molar-refractivity contribution in [2.24, 2.45) is 0 Å². The molecule has 0 unspecified atom stereocenters. The second kappa shape index (κ2) is 5.51. The number of amides is 1. The molecule has 0 aliphatic heterocycles. The zero-order chi connectivity index (χ0) is 11.3. The normalized spacial score (nSPS) is 10.1. The number of hydrogen-bond acceptors (Lipinski definition) is 2. The van der Waals surface area contributed by atoms with Crippen molar-refractivity contribution in [3.05, 3.63) is 34.9 Å². The SMILES string of the molecule is CNC(=O)CNCc1ccc(C)cc1C. The molecule has 0 aromatic heterocycles. The van der Waals surface area contributed by atoms with Crippen LogP contribution in [0, 0.1) is 13.8 Å². The Bertz CT molecular complexity index is 347. The predicted molar refractivity (Wildman–Crippen MR) is 61.7 cm³/mol. The summed E-state index contributed by atoms with van der Waals surface area (Å²) in [5, 5.41) is 5.67. The molecule has 0 saturated carbocycles. The van der Waals surface area contributed by atoms with Crippen molar-refractivity contribution in [3.63, 3.8) is 0 Å². The lowest BCUT2D eigenvalue weighted by Crippen LogP contribution is -2.31. The molecule has 15 heavy (non-hydrogen) atoms. The average Bonchev–Trinajstić information content (AvgIpc) is 2.21. The summed E-state index contributed by atoms with van der Waals surface area (Å²) in [5.41, 5.74) is 3.77. The standard InChI is InChI=1S/C12H18N2O/c1-9-4-5-11(10(2)6-9)7-14-8-12(15)13-3/h4-6,14H,7-8H2,1-3H3,(H,13,15). The first-order valence-corrected chi connectivity index (χ1v) is 5.11. The van der Waals surface area contributed by atoms with Crippen LogP contribution in [0.3, 0.4) is 0 Å². The van der Waals surface area contributed by atoms with Crippen molar-refractivity contribution < 1.29 is 4.79 Å². The molecule has 0 fully saturated rings. The number of likely N-dealkylation sites (N-methyl/N-ethyl adjacent to an activating group) is 1. The van der Waals surface area contributed by atoms with Crippen LogP contribution in [-0.4, -0.2) is 19.5 Å². The molecule has 0 aliphatic rings. The van der Waals surface area contributed by atoms with Crippen LogP contribution < -0.4 is 10.6 Å². The highest BCUT2D eigenvalue weighted by Gasteiger charge is 2.00. The highest BCUT2D eigenvalue weighted by Crippen LogP contribution is 2.09. The van der Waals surface area contributed by atoms with E-state index in [2.05, 4.69) is 42.7 Å². The van der Waals surface area contributed by atoms with Gasteiger partial charge in [-0.2, -0.15) is 0 Å². The summed E-state index contributed by atoms with van der Waals surface area (Å²) in [5.74, 6) is 0.0137. The number of rotatable bonds is 4. The maximum atomic E-state index is 11.0. The molecule has 1 amide bonds. The van der Waals surface area contributed by atoms with E-state index in [1.165, 1.54) is 16.7 Å². The van der Waals surface area contributed by atoms with Gasteiger partial charge in [0, 0.05) is 13.6 Å². The maximum Gasteiger partial charge on any atom is 0.233 e. The van der Waals surface area contributed by atoms with Gasteiger partial charge in [0.05, 0.1) is 6.54 Å². The van der Waals surface area contributed by atoms with E-state index in [1.807, 2.05) is 0 Å². The Balaban J connectivity index is 2.47. The van der Waals surface area contributed by atoms with E-state index in [1.54, 1.807) is 7.05 Å². The average molecular weight is 206 g/mol. The smallest absolute Gasteiger partial charge is 0.233 e. The first-order chi connectivity index (χ1) is 7.13. The first-order valence-electron chi connectivity index (χ1n) is 5.11. The molecule has 0 spiro atoms. The van der Waals surface area contributed by atoms with E-state index in [0.29, 0.717) is 6.54 Å². The van der Waals surface area contributed by atoms with Gasteiger partial charge in [-0.05, 0) is 25.0 Å². The van der Waals surface area contributed by atoms with Crippen molar-refractivity contribution in [2.45, 2.75) is 20.4 Å². The number of carbonyl (C=O) groups is 1. The molecule has 0 aliphatic carbocycles. The number of hydrogen-bond donors (Lipinski definition) is 2. The Kier molecular flexibility index (Phi) is 4.31. The summed E-state index contributed by atoms with van der Waals surface area (Å²) >= 11 is 0. The van der Waals surface area contributed by atoms with Gasteiger partial charge >= 0.3 is 0 Å². The molecule has 3 nitrogen and oxygen atoms in total. The van der Waals surface area contributed by atoms with Crippen LogP contribution in [-0.2, 0) is 11.3 Å². The molecule has 3 heteroatoms. The van der Waals surface area contributed by atoms with E-state index in [4.69, 9.17) is 0 Å². The third-order valence-electron chi connectivity index (χ3n) is 2.38. The Hall–Kier alpha value is -1.35. The number of aryl methyl sites for hydroxylation is 2. The number of carbonyl (C=O) groups excluding carboxylic acids is 1. The van der Waals surface area contributed by atoms with Crippen LogP contribution in [0.5, 0.6) is 0 Å². The summed E-state index contributed by atoms with van der Waals surface area (Å²) in [7, 11) is 1.64. The molecule has 0 saturated heterocycles. The molecule has 1 aromatic carbocycles. The summed E-state index contributed by atoms with van der Waals surface area (Å²) in [6.45, 7) is 5.27. The third kappa shape index (κ3) is 3.72. The molecular formula is C12H18N2O. The first kappa shape index (κ1) is 11.7. The second-order valence-electron chi connectivity index (χ2n) is 3.71. The van der Waals surface area contributed by atoms with Gasteiger partial charge in [-0.3, -0.25) is 4.79 Å². The van der Waals surface area contributed by atoms with Crippen molar-refractivity contribution >= 4 is 5.91 Å². The summed E-state index contributed by atoms with van der Waals surface area (Å²) in [4.78, 5) is 11.0. The third-order valence-corrected chi connectivity index (χ3v) is 2.38. The van der Waals surface area contributed by atoms with Crippen molar-refractivity contribution in [3.8, 4) is 0 Å². The highest BCUT2D eigenvalue weighted by molar-refractivity contribution is 5.77. The van der Waals surface area contributed by atoms with E-state index in [0.717, 1.165) is 6.54 Å². The van der Waals surface area contributed by atoms with Gasteiger partial charge in [-0.1, -0.05) is 23.8 Å². The summed E-state index contributed by atoms with van der Waals surface area (Å²) < 4.78 is 0.